The third kappa shape index (κ3) is 4.72. The zero-order valence-electron chi connectivity index (χ0n) is 13.9. The zero-order chi connectivity index (χ0) is 17.5. The molecule has 0 heterocycles. The Morgan fingerprint density at radius 1 is 0.960 bits per heavy atom. The number of ether oxygens (including phenoxy) is 1. The van der Waals surface area contributed by atoms with Crippen LogP contribution in [-0.4, -0.2) is 13.0 Å². The molecule has 0 aliphatic heterocycles. The lowest BCUT2D eigenvalue weighted by Crippen LogP contribution is -2.12. The SMILES string of the molecule is COCc1cccc(C(=O)Nc2ccccc2Sc2ccccc2)c1. The van der Waals surface area contributed by atoms with Gasteiger partial charge in [0.15, 0.2) is 0 Å². The number of benzene rings is 3. The highest BCUT2D eigenvalue weighted by Gasteiger charge is 2.10. The quantitative estimate of drug-likeness (QED) is 0.662. The summed E-state index contributed by atoms with van der Waals surface area (Å²) in [4.78, 5) is 14.8. The third-order valence-electron chi connectivity index (χ3n) is 3.61. The summed E-state index contributed by atoms with van der Waals surface area (Å²) in [6, 6.07) is 25.4. The van der Waals surface area contributed by atoms with Crippen molar-refractivity contribution in [2.75, 3.05) is 12.4 Å². The van der Waals surface area contributed by atoms with E-state index in [1.807, 2.05) is 60.7 Å². The first-order chi connectivity index (χ1) is 12.3. The second-order valence-electron chi connectivity index (χ2n) is 5.50. The Morgan fingerprint density at radius 2 is 1.72 bits per heavy atom. The van der Waals surface area contributed by atoms with Gasteiger partial charge in [-0.15, -0.1) is 0 Å². The molecule has 126 valence electrons. The number of para-hydroxylation sites is 1. The fourth-order valence-electron chi connectivity index (χ4n) is 2.44. The molecule has 0 bridgehead atoms. The highest BCUT2D eigenvalue weighted by molar-refractivity contribution is 7.99. The molecule has 3 aromatic rings. The van der Waals surface area contributed by atoms with Crippen LogP contribution in [0, 0.1) is 0 Å². The van der Waals surface area contributed by atoms with Gasteiger partial charge in [-0.1, -0.05) is 54.2 Å². The summed E-state index contributed by atoms with van der Waals surface area (Å²) in [7, 11) is 1.64. The van der Waals surface area contributed by atoms with Crippen LogP contribution < -0.4 is 5.32 Å². The number of hydrogen-bond acceptors (Lipinski definition) is 3. The van der Waals surface area contributed by atoms with Gasteiger partial charge < -0.3 is 10.1 Å². The Hall–Kier alpha value is -2.56. The molecular weight excluding hydrogens is 330 g/mol. The van der Waals surface area contributed by atoms with Gasteiger partial charge in [-0.25, -0.2) is 0 Å². The van der Waals surface area contributed by atoms with Crippen LogP contribution in [0.2, 0.25) is 0 Å². The minimum absolute atomic E-state index is 0.126. The molecule has 0 unspecified atom stereocenters. The van der Waals surface area contributed by atoms with Gasteiger partial charge in [0.1, 0.15) is 0 Å². The van der Waals surface area contributed by atoms with E-state index >= 15 is 0 Å². The predicted molar refractivity (Wildman–Crippen MR) is 102 cm³/mol. The zero-order valence-corrected chi connectivity index (χ0v) is 14.8. The van der Waals surface area contributed by atoms with Crippen LogP contribution >= 0.6 is 11.8 Å². The Morgan fingerprint density at radius 3 is 2.52 bits per heavy atom. The molecule has 0 atom stereocenters. The van der Waals surface area contributed by atoms with E-state index in [9.17, 15) is 4.79 Å². The number of methoxy groups -OCH3 is 1. The van der Waals surface area contributed by atoms with E-state index in [0.29, 0.717) is 12.2 Å². The van der Waals surface area contributed by atoms with Gasteiger partial charge in [0.2, 0.25) is 0 Å². The number of carbonyl (C=O) groups excluding carboxylic acids is 1. The van der Waals surface area contributed by atoms with Crippen molar-refractivity contribution in [1.82, 2.24) is 0 Å². The second-order valence-corrected chi connectivity index (χ2v) is 6.61. The predicted octanol–water partition coefficient (Wildman–Crippen LogP) is 5.24. The van der Waals surface area contributed by atoms with E-state index in [-0.39, 0.29) is 5.91 Å². The first-order valence-corrected chi connectivity index (χ1v) is 8.79. The standard InChI is InChI=1S/C21H19NO2S/c1-24-15-16-8-7-9-17(14-16)21(23)22-19-12-5-6-13-20(19)25-18-10-3-2-4-11-18/h2-14H,15H2,1H3,(H,22,23). The lowest BCUT2D eigenvalue weighted by Gasteiger charge is -2.11. The summed E-state index contributed by atoms with van der Waals surface area (Å²) in [5.74, 6) is -0.126. The molecule has 0 aliphatic carbocycles. The summed E-state index contributed by atoms with van der Waals surface area (Å²) >= 11 is 1.63. The van der Waals surface area contributed by atoms with Crippen LogP contribution in [0.3, 0.4) is 0 Å². The molecule has 25 heavy (non-hydrogen) atoms. The van der Waals surface area contributed by atoms with Crippen LogP contribution in [0.25, 0.3) is 0 Å². The number of hydrogen-bond donors (Lipinski definition) is 1. The number of carbonyl (C=O) groups is 1. The van der Waals surface area contributed by atoms with Crippen molar-refractivity contribution in [2.24, 2.45) is 0 Å². The van der Waals surface area contributed by atoms with E-state index in [0.717, 1.165) is 21.0 Å². The molecule has 0 aromatic heterocycles. The lowest BCUT2D eigenvalue weighted by molar-refractivity contribution is 0.102. The van der Waals surface area contributed by atoms with Crippen molar-refractivity contribution in [3.63, 3.8) is 0 Å². The van der Waals surface area contributed by atoms with Gasteiger partial charge in [0.05, 0.1) is 12.3 Å². The molecule has 4 heteroatoms. The number of rotatable bonds is 6. The van der Waals surface area contributed by atoms with Gasteiger partial charge in [-0.05, 0) is 42.0 Å². The van der Waals surface area contributed by atoms with Crippen molar-refractivity contribution >= 4 is 23.4 Å². The van der Waals surface area contributed by atoms with Gasteiger partial charge >= 0.3 is 0 Å². The molecule has 0 spiro atoms. The number of anilines is 1. The molecule has 1 amide bonds. The summed E-state index contributed by atoms with van der Waals surface area (Å²) < 4.78 is 5.13. The Bertz CT molecular complexity index is 849. The van der Waals surface area contributed by atoms with Crippen LogP contribution in [-0.2, 0) is 11.3 Å². The number of amides is 1. The molecule has 0 radical (unpaired) electrons. The number of nitrogens with one attached hydrogen (secondary N) is 1. The summed E-state index contributed by atoms with van der Waals surface area (Å²) in [6.07, 6.45) is 0. The second kappa shape index (κ2) is 8.51. The molecule has 0 saturated heterocycles. The average Bonchev–Trinajstić information content (AvgIpc) is 2.65. The molecule has 3 rings (SSSR count). The molecule has 3 nitrogen and oxygen atoms in total. The maximum Gasteiger partial charge on any atom is 0.255 e. The molecule has 0 fully saturated rings. The molecular formula is C21H19NO2S. The minimum atomic E-state index is -0.126. The normalized spacial score (nSPS) is 10.4. The van der Waals surface area contributed by atoms with Crippen LogP contribution in [0.15, 0.2) is 88.7 Å². The smallest absolute Gasteiger partial charge is 0.255 e. The van der Waals surface area contributed by atoms with Crippen LogP contribution in [0.5, 0.6) is 0 Å². The maximum absolute atomic E-state index is 12.6. The highest BCUT2D eigenvalue weighted by Crippen LogP contribution is 2.33. The van der Waals surface area contributed by atoms with E-state index in [1.165, 1.54) is 0 Å². The Kier molecular flexibility index (Phi) is 5.88. The van der Waals surface area contributed by atoms with Crippen molar-refractivity contribution in [3.05, 3.63) is 90.0 Å². The van der Waals surface area contributed by atoms with E-state index < -0.39 is 0 Å². The van der Waals surface area contributed by atoms with Gasteiger partial charge in [0.25, 0.3) is 5.91 Å². The highest BCUT2D eigenvalue weighted by atomic mass is 32.2. The topological polar surface area (TPSA) is 38.3 Å². The van der Waals surface area contributed by atoms with Crippen LogP contribution in [0.1, 0.15) is 15.9 Å². The third-order valence-corrected chi connectivity index (χ3v) is 4.69. The van der Waals surface area contributed by atoms with Crippen LogP contribution in [0.4, 0.5) is 5.69 Å². The summed E-state index contributed by atoms with van der Waals surface area (Å²) in [6.45, 7) is 0.488. The van der Waals surface area contributed by atoms with Gasteiger partial charge in [-0.3, -0.25) is 4.79 Å². The van der Waals surface area contributed by atoms with Gasteiger partial charge in [0, 0.05) is 22.5 Å². The summed E-state index contributed by atoms with van der Waals surface area (Å²) in [5.41, 5.74) is 2.40. The van der Waals surface area contributed by atoms with Crippen molar-refractivity contribution < 1.29 is 9.53 Å². The maximum atomic E-state index is 12.6. The van der Waals surface area contributed by atoms with E-state index in [2.05, 4.69) is 17.4 Å². The molecule has 1 N–H and O–H groups in total. The fourth-order valence-corrected chi connectivity index (χ4v) is 3.36. The van der Waals surface area contributed by atoms with Crippen molar-refractivity contribution in [3.8, 4) is 0 Å². The molecule has 3 aromatic carbocycles. The van der Waals surface area contributed by atoms with Crippen molar-refractivity contribution in [2.45, 2.75) is 16.4 Å². The first-order valence-electron chi connectivity index (χ1n) is 7.97. The molecule has 0 saturated carbocycles. The fraction of sp³-hybridized carbons (Fsp3) is 0.0952. The average molecular weight is 349 g/mol. The first kappa shape index (κ1) is 17.3. The van der Waals surface area contributed by atoms with E-state index in [1.54, 1.807) is 24.9 Å². The summed E-state index contributed by atoms with van der Waals surface area (Å²) in [5, 5.41) is 3.02. The molecule has 0 aliphatic rings. The van der Waals surface area contributed by atoms with E-state index in [4.69, 9.17) is 4.74 Å². The lowest BCUT2D eigenvalue weighted by atomic mass is 10.1. The van der Waals surface area contributed by atoms with Crippen molar-refractivity contribution in [1.29, 1.82) is 0 Å². The largest absolute Gasteiger partial charge is 0.380 e. The Balaban J connectivity index is 1.78. The minimum Gasteiger partial charge on any atom is -0.380 e. The monoisotopic (exact) mass is 349 g/mol. The Labute approximate surface area is 152 Å². The van der Waals surface area contributed by atoms with Gasteiger partial charge in [-0.2, -0.15) is 0 Å².